The van der Waals surface area contributed by atoms with E-state index in [4.69, 9.17) is 4.74 Å². The second kappa shape index (κ2) is 12.3. The maximum absolute atomic E-state index is 13.2. The molecule has 3 rings (SSSR count). The molecule has 11 nitrogen and oxygen atoms in total. The third-order valence-corrected chi connectivity index (χ3v) is 5.33. The van der Waals surface area contributed by atoms with Gasteiger partial charge >= 0.3 is 0 Å². The van der Waals surface area contributed by atoms with Gasteiger partial charge in [-0.05, 0) is 38.5 Å². The number of nitriles is 1. The second-order valence-corrected chi connectivity index (χ2v) is 8.01. The van der Waals surface area contributed by atoms with E-state index in [-0.39, 0.29) is 39.7 Å². The Balaban J connectivity index is 2.12. The lowest BCUT2D eigenvalue weighted by molar-refractivity contribution is -0.420. The summed E-state index contributed by atoms with van der Waals surface area (Å²) in [6.07, 6.45) is 6.04. The summed E-state index contributed by atoms with van der Waals surface area (Å²) in [5.74, 6) is -0.574. The van der Waals surface area contributed by atoms with Gasteiger partial charge in [-0.25, -0.2) is 4.98 Å². The van der Waals surface area contributed by atoms with E-state index in [1.807, 2.05) is 13.0 Å². The fourth-order valence-electron chi connectivity index (χ4n) is 3.61. The van der Waals surface area contributed by atoms with Crippen molar-refractivity contribution in [2.45, 2.75) is 33.2 Å². The minimum atomic E-state index is -0.574. The predicted molar refractivity (Wildman–Crippen MR) is 137 cm³/mol. The zero-order valence-corrected chi connectivity index (χ0v) is 20.6. The van der Waals surface area contributed by atoms with Crippen LogP contribution in [0.5, 0.6) is 0 Å². The van der Waals surface area contributed by atoms with E-state index in [2.05, 4.69) is 16.6 Å². The highest BCUT2D eigenvalue weighted by Gasteiger charge is 2.15. The quantitative estimate of drug-likeness (QED) is 0.136. The topological polar surface area (TPSA) is 145 Å². The van der Waals surface area contributed by atoms with Crippen LogP contribution in [0.1, 0.15) is 32.3 Å². The van der Waals surface area contributed by atoms with Gasteiger partial charge in [0.1, 0.15) is 17.4 Å². The van der Waals surface area contributed by atoms with Crippen molar-refractivity contribution in [2.24, 2.45) is 4.99 Å². The van der Waals surface area contributed by atoms with Gasteiger partial charge in [-0.2, -0.15) is 10.3 Å². The number of rotatable bonds is 10. The van der Waals surface area contributed by atoms with E-state index in [1.165, 1.54) is 35.6 Å². The summed E-state index contributed by atoms with van der Waals surface area (Å²) in [5.41, 5.74) is 0.614. The minimum Gasteiger partial charge on any atom is -0.382 e. The molecule has 0 unspecified atom stereocenters. The van der Waals surface area contributed by atoms with Gasteiger partial charge in [-0.1, -0.05) is 24.8 Å². The van der Waals surface area contributed by atoms with Crippen LogP contribution in [0.3, 0.4) is 0 Å². The Labute approximate surface area is 212 Å². The molecule has 0 atom stereocenters. The number of hydrogen-bond acceptors (Lipinski definition) is 7. The number of hydrogen-bond donors (Lipinski definition) is 0. The Morgan fingerprint density at radius 1 is 1.41 bits per heavy atom. The van der Waals surface area contributed by atoms with Crippen LogP contribution in [-0.4, -0.2) is 38.0 Å². The van der Waals surface area contributed by atoms with Gasteiger partial charge in [0.05, 0.1) is 15.9 Å². The molecule has 0 aliphatic carbocycles. The van der Waals surface area contributed by atoms with Crippen LogP contribution in [-0.2, 0) is 16.1 Å². The third-order valence-electron chi connectivity index (χ3n) is 5.33. The van der Waals surface area contributed by atoms with Crippen LogP contribution >= 0.6 is 0 Å². The molecule has 3 aromatic heterocycles. The highest BCUT2D eigenvalue weighted by Crippen LogP contribution is 2.11. The maximum Gasteiger partial charge on any atom is 0.271 e. The smallest absolute Gasteiger partial charge is 0.271 e. The van der Waals surface area contributed by atoms with E-state index in [9.17, 15) is 25.0 Å². The predicted octanol–water partition coefficient (Wildman–Crippen LogP) is 3.06. The van der Waals surface area contributed by atoms with Gasteiger partial charge in [-0.3, -0.25) is 24.1 Å². The van der Waals surface area contributed by atoms with E-state index in [1.54, 1.807) is 29.0 Å². The monoisotopic (exact) mass is 502 g/mol. The molecule has 0 fully saturated rings. The lowest BCUT2D eigenvalue weighted by Gasteiger charge is -2.13. The lowest BCUT2D eigenvalue weighted by Crippen LogP contribution is -2.30. The average Bonchev–Trinajstić information content (AvgIpc) is 2.87. The fourth-order valence-corrected chi connectivity index (χ4v) is 3.61. The Morgan fingerprint density at radius 2 is 2.19 bits per heavy atom. The van der Waals surface area contributed by atoms with Crippen molar-refractivity contribution in [3.63, 3.8) is 0 Å². The van der Waals surface area contributed by atoms with Crippen molar-refractivity contribution in [1.29, 1.82) is 5.26 Å². The summed E-state index contributed by atoms with van der Waals surface area (Å²) in [6.45, 7) is 8.22. The number of amides is 1. The number of nitrogens with zero attached hydrogens (tertiary/aromatic N) is 6. The summed E-state index contributed by atoms with van der Waals surface area (Å²) >= 11 is 0. The average molecular weight is 503 g/mol. The zero-order chi connectivity index (χ0) is 26.9. The molecule has 11 heteroatoms. The first kappa shape index (κ1) is 26.9. The molecule has 0 aromatic carbocycles. The molecule has 190 valence electrons. The van der Waals surface area contributed by atoms with Crippen molar-refractivity contribution in [3.05, 3.63) is 98.1 Å². The largest absolute Gasteiger partial charge is 0.382 e. The van der Waals surface area contributed by atoms with Crippen LogP contribution < -0.4 is 11.0 Å². The number of allylic oxidation sites excluding steroid dienone is 3. The Kier molecular flexibility index (Phi) is 8.96. The molecule has 1 amide bonds. The van der Waals surface area contributed by atoms with Gasteiger partial charge in [0.2, 0.25) is 0 Å². The van der Waals surface area contributed by atoms with Crippen molar-refractivity contribution in [3.8, 4) is 6.07 Å². The molecule has 0 saturated carbocycles. The molecule has 3 aromatic rings. The molecule has 0 radical (unpaired) electrons. The zero-order valence-electron chi connectivity index (χ0n) is 20.6. The molecule has 3 heterocycles. The number of ether oxygens (including phenoxy) is 1. The van der Waals surface area contributed by atoms with Crippen LogP contribution in [0.25, 0.3) is 16.7 Å². The van der Waals surface area contributed by atoms with Crippen LogP contribution in [0, 0.1) is 21.4 Å². The molecule has 0 spiro atoms. The molecular formula is C26H26N6O5. The van der Waals surface area contributed by atoms with Crippen molar-refractivity contribution >= 4 is 22.6 Å². The molecule has 0 bridgehead atoms. The SMILES string of the molecule is C=C(C)/C(=C\C=C/CC(=O)N=c1c(C#N)cc2c(=O)n3ccccc3nc2n1CCCOCC)[N+](=O)[O-]. The Bertz CT molecular complexity index is 1590. The van der Waals surface area contributed by atoms with E-state index in [0.717, 1.165) is 0 Å². The van der Waals surface area contributed by atoms with Crippen molar-refractivity contribution in [2.75, 3.05) is 13.2 Å². The summed E-state index contributed by atoms with van der Waals surface area (Å²) < 4.78 is 8.41. The normalized spacial score (nSPS) is 12.4. The van der Waals surface area contributed by atoms with E-state index in [0.29, 0.717) is 37.5 Å². The number of nitro groups is 1. The number of aryl methyl sites for hydroxylation is 1. The standard InChI is InChI=1S/C26H26N6O5/c1-4-37-15-9-14-31-24(29-23(33)12-6-5-10-21(18(2)3)32(35)36)19(17-27)16-20-25(31)28-22-11-7-8-13-30(22)26(20)34/h5-8,10-11,13,16H,2,4,9,12,14-15H2,1,3H3/b6-5-,21-10+,29-24?. The number of aromatic nitrogens is 3. The summed E-state index contributed by atoms with van der Waals surface area (Å²) in [5, 5.41) is 21.1. The number of pyridine rings is 2. The molecule has 0 N–H and O–H groups in total. The number of fused-ring (bicyclic) bond motifs is 2. The third kappa shape index (κ3) is 6.31. The Morgan fingerprint density at radius 3 is 2.86 bits per heavy atom. The molecule has 37 heavy (non-hydrogen) atoms. The first-order chi connectivity index (χ1) is 17.8. The second-order valence-electron chi connectivity index (χ2n) is 8.01. The molecule has 0 aliphatic rings. The molecule has 0 aliphatic heterocycles. The van der Waals surface area contributed by atoms with Crippen molar-refractivity contribution in [1.82, 2.24) is 14.0 Å². The van der Waals surface area contributed by atoms with Gasteiger partial charge in [0, 0.05) is 44.0 Å². The summed E-state index contributed by atoms with van der Waals surface area (Å²) in [4.78, 5) is 45.1. The molecular weight excluding hydrogens is 476 g/mol. The number of carbonyl (C=O) groups excluding carboxylic acids is 1. The minimum absolute atomic E-state index is 0.0498. The fraction of sp³-hybridized carbons (Fsp3) is 0.269. The van der Waals surface area contributed by atoms with Crippen molar-refractivity contribution < 1.29 is 14.5 Å². The lowest BCUT2D eigenvalue weighted by atomic mass is 10.2. The highest BCUT2D eigenvalue weighted by atomic mass is 16.6. The van der Waals surface area contributed by atoms with Crippen LogP contribution in [0.2, 0.25) is 0 Å². The van der Waals surface area contributed by atoms with Crippen LogP contribution in [0.4, 0.5) is 0 Å². The summed E-state index contributed by atoms with van der Waals surface area (Å²) in [6, 6.07) is 8.57. The van der Waals surface area contributed by atoms with Gasteiger partial charge in [0.15, 0.2) is 5.49 Å². The number of carbonyl (C=O) groups is 1. The van der Waals surface area contributed by atoms with E-state index >= 15 is 0 Å². The van der Waals surface area contributed by atoms with Gasteiger partial charge in [0.25, 0.3) is 17.2 Å². The van der Waals surface area contributed by atoms with Gasteiger partial charge in [-0.15, -0.1) is 0 Å². The van der Waals surface area contributed by atoms with Gasteiger partial charge < -0.3 is 9.30 Å². The highest BCUT2D eigenvalue weighted by molar-refractivity contribution is 5.80. The summed E-state index contributed by atoms with van der Waals surface area (Å²) in [7, 11) is 0. The first-order valence-electron chi connectivity index (χ1n) is 11.6. The van der Waals surface area contributed by atoms with E-state index < -0.39 is 10.8 Å². The first-order valence-corrected chi connectivity index (χ1v) is 11.6. The maximum atomic E-state index is 13.2. The Hall–Kier alpha value is -4.69. The van der Waals surface area contributed by atoms with Crippen LogP contribution in [0.15, 0.2) is 76.3 Å². The molecule has 0 saturated heterocycles.